The normalized spacial score (nSPS) is 13.7. The smallest absolute Gasteiger partial charge is 0.405 e. The summed E-state index contributed by atoms with van der Waals surface area (Å²) < 4.78 is 24.8. The SMILES string of the molecule is O=C(O)NCc1cc2cc(-c3ccc(C(=O)N4CCOCC4)cn3)cc(-c3ccc(F)cc3)c2o1. The van der Waals surface area contributed by atoms with E-state index < -0.39 is 6.09 Å². The van der Waals surface area contributed by atoms with E-state index in [0.29, 0.717) is 54.5 Å². The third kappa shape index (κ3) is 4.85. The molecule has 4 aromatic rings. The second-order valence-corrected chi connectivity index (χ2v) is 8.16. The summed E-state index contributed by atoms with van der Waals surface area (Å²) in [7, 11) is 0. The molecule has 0 aliphatic carbocycles. The number of ether oxygens (including phenoxy) is 1. The van der Waals surface area contributed by atoms with E-state index in [1.165, 1.54) is 12.1 Å². The summed E-state index contributed by atoms with van der Waals surface area (Å²) in [6, 6.07) is 15.1. The van der Waals surface area contributed by atoms with Gasteiger partial charge in [-0.05, 0) is 48.0 Å². The van der Waals surface area contributed by atoms with Gasteiger partial charge in [0, 0.05) is 35.8 Å². The van der Waals surface area contributed by atoms with E-state index in [4.69, 9.17) is 14.3 Å². The molecule has 8 nitrogen and oxygen atoms in total. The summed E-state index contributed by atoms with van der Waals surface area (Å²) in [5.41, 5.74) is 3.95. The van der Waals surface area contributed by atoms with Crippen molar-refractivity contribution in [3.05, 3.63) is 77.9 Å². The molecule has 2 N–H and O–H groups in total. The van der Waals surface area contributed by atoms with Gasteiger partial charge in [0.15, 0.2) is 0 Å². The average Bonchev–Trinajstić information content (AvgIpc) is 3.31. The number of nitrogens with one attached hydrogen (secondary N) is 1. The van der Waals surface area contributed by atoms with Crippen molar-refractivity contribution in [2.75, 3.05) is 26.3 Å². The molecule has 0 unspecified atom stereocenters. The van der Waals surface area contributed by atoms with Crippen LogP contribution in [0.25, 0.3) is 33.4 Å². The summed E-state index contributed by atoms with van der Waals surface area (Å²) in [6.07, 6.45) is 0.410. The number of aromatic nitrogens is 1. The number of carbonyl (C=O) groups excluding carboxylic acids is 1. The van der Waals surface area contributed by atoms with Crippen molar-refractivity contribution >= 4 is 23.0 Å². The molecule has 0 radical (unpaired) electrons. The predicted molar refractivity (Wildman–Crippen MR) is 126 cm³/mol. The van der Waals surface area contributed by atoms with Gasteiger partial charge in [-0.2, -0.15) is 0 Å². The Balaban J connectivity index is 1.52. The summed E-state index contributed by atoms with van der Waals surface area (Å²) in [4.78, 5) is 29.9. The predicted octanol–water partition coefficient (Wildman–Crippen LogP) is 4.54. The van der Waals surface area contributed by atoms with Crippen LogP contribution in [0.5, 0.6) is 0 Å². The van der Waals surface area contributed by atoms with E-state index in [-0.39, 0.29) is 18.3 Å². The number of carboxylic acid groups (broad SMARTS) is 1. The van der Waals surface area contributed by atoms with Crippen molar-refractivity contribution in [2.45, 2.75) is 6.54 Å². The monoisotopic (exact) mass is 475 g/mol. The number of carbonyl (C=O) groups is 2. The summed E-state index contributed by atoms with van der Waals surface area (Å²) in [5.74, 6) is 0.0108. The first kappa shape index (κ1) is 22.5. The minimum Gasteiger partial charge on any atom is -0.465 e. The van der Waals surface area contributed by atoms with Crippen LogP contribution in [0, 0.1) is 5.82 Å². The molecular weight excluding hydrogens is 453 g/mol. The molecule has 2 amide bonds. The molecule has 1 saturated heterocycles. The number of pyridine rings is 1. The van der Waals surface area contributed by atoms with Crippen LogP contribution in [0.4, 0.5) is 9.18 Å². The fraction of sp³-hybridized carbons (Fsp3) is 0.192. The lowest BCUT2D eigenvalue weighted by atomic mass is 9.98. The fourth-order valence-corrected chi connectivity index (χ4v) is 4.09. The highest BCUT2D eigenvalue weighted by molar-refractivity contribution is 5.97. The highest BCUT2D eigenvalue weighted by Gasteiger charge is 2.19. The third-order valence-electron chi connectivity index (χ3n) is 5.84. The molecule has 1 fully saturated rings. The number of halogens is 1. The minimum absolute atomic E-state index is 0.0127. The molecule has 3 heterocycles. The second-order valence-electron chi connectivity index (χ2n) is 8.16. The van der Waals surface area contributed by atoms with Crippen molar-refractivity contribution in [3.8, 4) is 22.4 Å². The Morgan fingerprint density at radius 3 is 2.49 bits per heavy atom. The maximum Gasteiger partial charge on any atom is 0.405 e. The lowest BCUT2D eigenvalue weighted by molar-refractivity contribution is 0.0302. The first-order valence-electron chi connectivity index (χ1n) is 11.1. The van der Waals surface area contributed by atoms with Crippen LogP contribution >= 0.6 is 0 Å². The van der Waals surface area contributed by atoms with Gasteiger partial charge >= 0.3 is 6.09 Å². The molecule has 35 heavy (non-hydrogen) atoms. The van der Waals surface area contributed by atoms with Crippen LogP contribution < -0.4 is 5.32 Å². The van der Waals surface area contributed by atoms with Crippen LogP contribution in [0.1, 0.15) is 16.1 Å². The molecule has 2 aromatic heterocycles. The van der Waals surface area contributed by atoms with Crippen molar-refractivity contribution in [2.24, 2.45) is 0 Å². The molecule has 5 rings (SSSR count). The summed E-state index contributed by atoms with van der Waals surface area (Å²) in [6.45, 7) is 2.17. The molecular formula is C26H22FN3O5. The summed E-state index contributed by atoms with van der Waals surface area (Å²) in [5, 5.41) is 12.0. The van der Waals surface area contributed by atoms with Gasteiger partial charge in [0.1, 0.15) is 17.2 Å². The lowest BCUT2D eigenvalue weighted by Crippen LogP contribution is -2.40. The maximum absolute atomic E-state index is 13.5. The maximum atomic E-state index is 13.5. The van der Waals surface area contributed by atoms with Gasteiger partial charge in [0.05, 0.1) is 31.0 Å². The van der Waals surface area contributed by atoms with Gasteiger partial charge in [0.25, 0.3) is 5.91 Å². The molecule has 0 atom stereocenters. The second kappa shape index (κ2) is 9.55. The molecule has 2 aromatic carbocycles. The first-order chi connectivity index (χ1) is 17.0. The third-order valence-corrected chi connectivity index (χ3v) is 5.84. The van der Waals surface area contributed by atoms with Gasteiger partial charge in [-0.25, -0.2) is 9.18 Å². The van der Waals surface area contributed by atoms with Crippen molar-refractivity contribution in [3.63, 3.8) is 0 Å². The van der Waals surface area contributed by atoms with Gasteiger partial charge in [0.2, 0.25) is 0 Å². The zero-order chi connectivity index (χ0) is 24.4. The average molecular weight is 475 g/mol. The molecule has 178 valence electrons. The van der Waals surface area contributed by atoms with Crippen LogP contribution in [-0.4, -0.2) is 53.3 Å². The van der Waals surface area contributed by atoms with E-state index in [0.717, 1.165) is 16.5 Å². The van der Waals surface area contributed by atoms with E-state index in [9.17, 15) is 14.0 Å². The number of benzene rings is 2. The van der Waals surface area contributed by atoms with E-state index >= 15 is 0 Å². The first-order valence-corrected chi connectivity index (χ1v) is 11.1. The quantitative estimate of drug-likeness (QED) is 0.439. The van der Waals surface area contributed by atoms with Crippen molar-refractivity contribution < 1.29 is 28.2 Å². The van der Waals surface area contributed by atoms with Crippen LogP contribution in [0.3, 0.4) is 0 Å². The van der Waals surface area contributed by atoms with Crippen LogP contribution in [0.15, 0.2) is 65.2 Å². The number of furan rings is 1. The number of rotatable bonds is 5. The number of amides is 2. The largest absolute Gasteiger partial charge is 0.465 e. The fourth-order valence-electron chi connectivity index (χ4n) is 4.09. The highest BCUT2D eigenvalue weighted by Crippen LogP contribution is 2.35. The Morgan fingerprint density at radius 2 is 1.80 bits per heavy atom. The molecule has 0 bridgehead atoms. The van der Waals surface area contributed by atoms with Crippen LogP contribution in [0.2, 0.25) is 0 Å². The molecule has 0 spiro atoms. The Morgan fingerprint density at radius 1 is 1.03 bits per heavy atom. The molecule has 0 saturated carbocycles. The van der Waals surface area contributed by atoms with E-state index in [1.807, 2.05) is 12.1 Å². The standard InChI is InChI=1S/C26H22FN3O5/c27-20-4-1-16(2-5-20)22-13-18(11-19-12-21(35-24(19)22)15-29-26(32)33)23-6-3-17(14-28-23)25(31)30-7-9-34-10-8-30/h1-6,11-14,29H,7-10,15H2,(H,32,33). The van der Waals surface area contributed by atoms with E-state index in [2.05, 4.69) is 10.3 Å². The molecule has 1 aliphatic rings. The molecule has 1 aliphatic heterocycles. The number of hydrogen-bond acceptors (Lipinski definition) is 5. The van der Waals surface area contributed by atoms with E-state index in [1.54, 1.807) is 41.4 Å². The zero-order valence-corrected chi connectivity index (χ0v) is 18.7. The van der Waals surface area contributed by atoms with Gasteiger partial charge in [-0.15, -0.1) is 0 Å². The number of hydrogen-bond donors (Lipinski definition) is 2. The van der Waals surface area contributed by atoms with Crippen molar-refractivity contribution in [1.82, 2.24) is 15.2 Å². The Bertz CT molecular complexity index is 1380. The van der Waals surface area contributed by atoms with Gasteiger partial charge < -0.3 is 24.5 Å². The number of fused-ring (bicyclic) bond motifs is 1. The van der Waals surface area contributed by atoms with Crippen LogP contribution in [-0.2, 0) is 11.3 Å². The number of nitrogens with zero attached hydrogens (tertiary/aromatic N) is 2. The number of morpholine rings is 1. The topological polar surface area (TPSA) is 105 Å². The molecule has 9 heteroatoms. The lowest BCUT2D eigenvalue weighted by Gasteiger charge is -2.26. The Kier molecular flexibility index (Phi) is 6.15. The Hall–Kier alpha value is -4.24. The highest BCUT2D eigenvalue weighted by atomic mass is 19.1. The van der Waals surface area contributed by atoms with Gasteiger partial charge in [-0.3, -0.25) is 9.78 Å². The summed E-state index contributed by atoms with van der Waals surface area (Å²) >= 11 is 0. The van der Waals surface area contributed by atoms with Crippen molar-refractivity contribution in [1.29, 1.82) is 0 Å². The minimum atomic E-state index is -1.15. The zero-order valence-electron chi connectivity index (χ0n) is 18.7. The Labute approximate surface area is 199 Å². The van der Waals surface area contributed by atoms with Gasteiger partial charge in [-0.1, -0.05) is 12.1 Å².